The van der Waals surface area contributed by atoms with Crippen LogP contribution in [0.5, 0.6) is 0 Å². The van der Waals surface area contributed by atoms with E-state index in [4.69, 9.17) is 16.3 Å². The molecule has 4 atom stereocenters. The first-order valence-corrected chi connectivity index (χ1v) is 14.2. The smallest absolute Gasteiger partial charge is 0.408 e. The maximum Gasteiger partial charge on any atom is 0.408 e. The summed E-state index contributed by atoms with van der Waals surface area (Å²) in [5.41, 5.74) is -1.24. The number of alkyl carbamates (subject to hydrolysis) is 1. The summed E-state index contributed by atoms with van der Waals surface area (Å²) in [6, 6.07) is 5.37. The van der Waals surface area contributed by atoms with E-state index in [9.17, 15) is 19.2 Å². The second kappa shape index (κ2) is 12.0. The van der Waals surface area contributed by atoms with Crippen molar-refractivity contribution in [3.05, 3.63) is 41.4 Å². The van der Waals surface area contributed by atoms with Gasteiger partial charge in [-0.3, -0.25) is 14.4 Å². The third-order valence-corrected chi connectivity index (χ3v) is 7.64. The van der Waals surface area contributed by atoms with Crippen LogP contribution < -0.4 is 16.0 Å². The minimum atomic E-state index is -1.10. The fraction of sp³-hybridized carbons (Fsp3) is 0.586. The van der Waals surface area contributed by atoms with Gasteiger partial charge in [-0.05, 0) is 77.5 Å². The van der Waals surface area contributed by atoms with E-state index in [1.807, 2.05) is 6.08 Å². The number of anilines is 1. The van der Waals surface area contributed by atoms with Crippen LogP contribution in [0.4, 0.5) is 10.5 Å². The predicted octanol–water partition coefficient (Wildman–Crippen LogP) is 4.56. The van der Waals surface area contributed by atoms with Crippen LogP contribution in [0.25, 0.3) is 0 Å². The average molecular weight is 559 g/mol. The number of allylic oxidation sites excluding steroid dienone is 1. The van der Waals surface area contributed by atoms with Gasteiger partial charge in [0.25, 0.3) is 5.91 Å². The van der Waals surface area contributed by atoms with E-state index in [0.29, 0.717) is 42.9 Å². The minimum Gasteiger partial charge on any atom is -0.444 e. The molecule has 3 aliphatic rings. The van der Waals surface area contributed by atoms with Gasteiger partial charge in [-0.1, -0.05) is 42.7 Å². The van der Waals surface area contributed by atoms with Gasteiger partial charge in [-0.25, -0.2) is 4.79 Å². The van der Waals surface area contributed by atoms with Gasteiger partial charge in [0, 0.05) is 23.2 Å². The number of hydrogen-bond donors (Lipinski definition) is 3. The zero-order valence-corrected chi connectivity index (χ0v) is 23.7. The topological polar surface area (TPSA) is 117 Å². The molecule has 3 N–H and O–H groups in total. The summed E-state index contributed by atoms with van der Waals surface area (Å²) in [6.07, 6.45) is 8.88. The maximum absolute atomic E-state index is 13.7. The zero-order chi connectivity index (χ0) is 28.2. The highest BCUT2D eigenvalue weighted by atomic mass is 35.5. The monoisotopic (exact) mass is 558 g/mol. The van der Waals surface area contributed by atoms with Crippen LogP contribution in [-0.4, -0.2) is 58.5 Å². The molecule has 212 valence electrons. The molecule has 0 radical (unpaired) electrons. The molecule has 4 rings (SSSR count). The minimum absolute atomic E-state index is 0.141. The van der Waals surface area contributed by atoms with E-state index in [0.717, 1.165) is 25.7 Å². The zero-order valence-electron chi connectivity index (χ0n) is 22.9. The van der Waals surface area contributed by atoms with Crippen molar-refractivity contribution >= 4 is 41.1 Å². The molecule has 1 aromatic carbocycles. The summed E-state index contributed by atoms with van der Waals surface area (Å²) < 4.78 is 5.40. The average Bonchev–Trinajstić information content (AvgIpc) is 3.31. The Balaban J connectivity index is 1.54. The van der Waals surface area contributed by atoms with Gasteiger partial charge in [0.2, 0.25) is 11.8 Å². The number of amides is 4. The number of benzene rings is 1. The van der Waals surface area contributed by atoms with Gasteiger partial charge in [-0.15, -0.1) is 0 Å². The first-order chi connectivity index (χ1) is 18.5. The third kappa shape index (κ3) is 7.32. The van der Waals surface area contributed by atoms with Crippen LogP contribution in [0.15, 0.2) is 36.4 Å². The molecule has 2 aliphatic heterocycles. The normalized spacial score (nSPS) is 27.8. The first kappa shape index (κ1) is 28.9. The van der Waals surface area contributed by atoms with E-state index in [2.05, 4.69) is 22.0 Å². The quantitative estimate of drug-likeness (QED) is 0.470. The molecule has 2 fully saturated rings. The summed E-state index contributed by atoms with van der Waals surface area (Å²) >= 11 is 6.09. The van der Waals surface area contributed by atoms with Crippen molar-refractivity contribution in [2.75, 3.05) is 11.9 Å². The number of carbonyl (C=O) groups is 4. The Hall–Kier alpha value is -3.07. The van der Waals surface area contributed by atoms with Crippen molar-refractivity contribution in [3.8, 4) is 0 Å². The third-order valence-electron chi connectivity index (χ3n) is 7.41. The standard InChI is InChI=1S/C29H39ClN4O5/c1-28(2,3)39-27(38)32-22-14-8-6-4-5-7-11-19-18-29(19,26(37)31-21-13-9-12-20(30)17-21)33-24(35)23-15-10-16-34(23)25(22)36/h7,9,11-13,17,19,22-23H,4-6,8,10,14-16,18H2,1-3H3,(H,31,37)(H,32,38)(H,33,35)/t19-,22+,23+,29-/m1/s1. The molecule has 0 spiro atoms. The summed E-state index contributed by atoms with van der Waals surface area (Å²) in [5, 5.41) is 9.16. The predicted molar refractivity (Wildman–Crippen MR) is 149 cm³/mol. The summed E-state index contributed by atoms with van der Waals surface area (Å²) in [7, 11) is 0. The van der Waals surface area contributed by atoms with Crippen molar-refractivity contribution in [3.63, 3.8) is 0 Å². The SMILES string of the molecule is CC(C)(C)OC(=O)N[C@H]1CCCCCC=C[C@@H]2C[C@@]2(C(=O)Nc2cccc(Cl)c2)NC(=O)[C@@H]2CCCN2C1=O. The Bertz CT molecular complexity index is 1130. The van der Waals surface area contributed by atoms with Crippen LogP contribution in [0.3, 0.4) is 0 Å². The van der Waals surface area contributed by atoms with Gasteiger partial charge in [0.15, 0.2) is 0 Å². The molecule has 1 aliphatic carbocycles. The highest BCUT2D eigenvalue weighted by Gasteiger charge is 2.60. The highest BCUT2D eigenvalue weighted by molar-refractivity contribution is 6.31. The molecule has 0 aromatic heterocycles. The van der Waals surface area contributed by atoms with E-state index >= 15 is 0 Å². The number of ether oxygens (including phenoxy) is 1. The van der Waals surface area contributed by atoms with Crippen LogP contribution in [-0.2, 0) is 19.1 Å². The lowest BCUT2D eigenvalue weighted by atomic mass is 10.0. The van der Waals surface area contributed by atoms with Gasteiger partial charge in [0.05, 0.1) is 0 Å². The second-order valence-electron chi connectivity index (χ2n) is 11.7. The number of rotatable bonds is 3. The highest BCUT2D eigenvalue weighted by Crippen LogP contribution is 2.46. The Labute approximate surface area is 235 Å². The summed E-state index contributed by atoms with van der Waals surface area (Å²) in [4.78, 5) is 54.8. The Morgan fingerprint density at radius 1 is 1.13 bits per heavy atom. The lowest BCUT2D eigenvalue weighted by molar-refractivity contribution is -0.141. The molecule has 4 amide bonds. The first-order valence-electron chi connectivity index (χ1n) is 13.8. The lowest BCUT2D eigenvalue weighted by Gasteiger charge is -2.30. The fourth-order valence-electron chi connectivity index (χ4n) is 5.35. The lowest BCUT2D eigenvalue weighted by Crippen LogP contribution is -2.57. The largest absolute Gasteiger partial charge is 0.444 e. The molecule has 1 saturated heterocycles. The maximum atomic E-state index is 13.7. The number of carbonyl (C=O) groups excluding carboxylic acids is 4. The van der Waals surface area contributed by atoms with Crippen molar-refractivity contribution in [1.29, 1.82) is 0 Å². The van der Waals surface area contributed by atoms with E-state index in [1.54, 1.807) is 49.9 Å². The molecule has 0 bridgehead atoms. The van der Waals surface area contributed by atoms with Crippen molar-refractivity contribution in [1.82, 2.24) is 15.5 Å². The van der Waals surface area contributed by atoms with E-state index in [-0.39, 0.29) is 23.6 Å². The Morgan fingerprint density at radius 3 is 2.67 bits per heavy atom. The molecule has 10 heteroatoms. The van der Waals surface area contributed by atoms with Crippen LogP contribution >= 0.6 is 11.6 Å². The number of nitrogens with one attached hydrogen (secondary N) is 3. The number of hydrogen-bond acceptors (Lipinski definition) is 5. The molecule has 1 saturated carbocycles. The molecule has 39 heavy (non-hydrogen) atoms. The molecule has 1 aromatic rings. The van der Waals surface area contributed by atoms with Gasteiger partial charge < -0.3 is 25.6 Å². The number of halogens is 1. The summed E-state index contributed by atoms with van der Waals surface area (Å²) in [5.74, 6) is -1.10. The van der Waals surface area contributed by atoms with Crippen molar-refractivity contribution in [2.24, 2.45) is 5.92 Å². The molecule has 2 heterocycles. The van der Waals surface area contributed by atoms with Gasteiger partial charge in [0.1, 0.15) is 23.2 Å². The molecular formula is C29H39ClN4O5. The number of fused-ring (bicyclic) bond motifs is 2. The van der Waals surface area contributed by atoms with E-state index in [1.165, 1.54) is 0 Å². The van der Waals surface area contributed by atoms with Crippen LogP contribution in [0.1, 0.15) is 72.1 Å². The Morgan fingerprint density at radius 2 is 1.92 bits per heavy atom. The number of nitrogens with zero attached hydrogens (tertiary/aromatic N) is 1. The summed E-state index contributed by atoms with van der Waals surface area (Å²) in [6.45, 7) is 5.71. The van der Waals surface area contributed by atoms with Gasteiger partial charge in [-0.2, -0.15) is 0 Å². The van der Waals surface area contributed by atoms with Crippen molar-refractivity contribution < 1.29 is 23.9 Å². The van der Waals surface area contributed by atoms with Crippen LogP contribution in [0, 0.1) is 5.92 Å². The molecule has 9 nitrogen and oxygen atoms in total. The molecule has 0 unspecified atom stereocenters. The molecular weight excluding hydrogens is 520 g/mol. The Kier molecular flexibility index (Phi) is 8.89. The van der Waals surface area contributed by atoms with Crippen molar-refractivity contribution in [2.45, 2.75) is 95.4 Å². The van der Waals surface area contributed by atoms with E-state index < -0.39 is 29.3 Å². The van der Waals surface area contributed by atoms with Crippen LogP contribution in [0.2, 0.25) is 5.02 Å². The van der Waals surface area contributed by atoms with Gasteiger partial charge >= 0.3 is 6.09 Å². The fourth-order valence-corrected chi connectivity index (χ4v) is 5.54. The second-order valence-corrected chi connectivity index (χ2v) is 12.1.